The molecule has 0 fully saturated rings. The Bertz CT molecular complexity index is 729. The number of rotatable bonds is 9. The summed E-state index contributed by atoms with van der Waals surface area (Å²) in [4.78, 5) is 16.4. The van der Waals surface area contributed by atoms with E-state index in [1.165, 1.54) is 6.26 Å². The molecule has 0 saturated heterocycles. The zero-order valence-electron chi connectivity index (χ0n) is 15.8. The summed E-state index contributed by atoms with van der Waals surface area (Å²) < 4.78 is 22.5. The minimum atomic E-state index is -2.99. The quantitative estimate of drug-likeness (QED) is 0.196. The van der Waals surface area contributed by atoms with Crippen molar-refractivity contribution in [2.75, 3.05) is 31.6 Å². The lowest BCUT2D eigenvalue weighted by Gasteiger charge is -2.17. The number of hydrogen-bond donors (Lipinski definition) is 3. The number of nitrogens with zero attached hydrogens (tertiary/aromatic N) is 1. The smallest absolute Gasteiger partial charge is 0.252 e. The molecule has 1 amide bonds. The van der Waals surface area contributed by atoms with E-state index < -0.39 is 9.84 Å². The second kappa shape index (κ2) is 13.2. The van der Waals surface area contributed by atoms with Gasteiger partial charge in [-0.2, -0.15) is 0 Å². The van der Waals surface area contributed by atoms with Crippen molar-refractivity contribution in [3.8, 4) is 0 Å². The van der Waals surface area contributed by atoms with E-state index in [1.54, 1.807) is 24.3 Å². The molecule has 27 heavy (non-hydrogen) atoms. The van der Waals surface area contributed by atoms with Gasteiger partial charge >= 0.3 is 0 Å². The molecular weight excluding hydrogens is 503 g/mol. The van der Waals surface area contributed by atoms with Crippen LogP contribution in [-0.2, 0) is 9.84 Å². The predicted molar refractivity (Wildman–Crippen MR) is 122 cm³/mol. The number of halogens is 2. The first kappa shape index (κ1) is 25.9. The van der Waals surface area contributed by atoms with E-state index in [-0.39, 0.29) is 41.7 Å². The van der Waals surface area contributed by atoms with Crippen LogP contribution in [0.25, 0.3) is 0 Å². The first-order valence-electron chi connectivity index (χ1n) is 8.48. The molecule has 0 bridgehead atoms. The average molecular weight is 531 g/mol. The fourth-order valence-corrected chi connectivity index (χ4v) is 3.10. The summed E-state index contributed by atoms with van der Waals surface area (Å²) in [7, 11) is -2.99. The van der Waals surface area contributed by atoms with Crippen LogP contribution >= 0.6 is 35.6 Å². The highest BCUT2D eigenvalue weighted by Gasteiger charge is 2.10. The number of guanidine groups is 1. The second-order valence-electron chi connectivity index (χ2n) is 5.96. The van der Waals surface area contributed by atoms with E-state index in [4.69, 9.17) is 11.6 Å². The highest BCUT2D eigenvalue weighted by molar-refractivity contribution is 14.0. The van der Waals surface area contributed by atoms with Crippen molar-refractivity contribution < 1.29 is 13.2 Å². The number of nitrogens with one attached hydrogen (secondary N) is 3. The second-order valence-corrected chi connectivity index (χ2v) is 8.63. The number of benzene rings is 1. The molecule has 0 saturated carbocycles. The predicted octanol–water partition coefficient (Wildman–Crippen LogP) is 2.07. The summed E-state index contributed by atoms with van der Waals surface area (Å²) in [5, 5.41) is 9.43. The molecule has 1 aromatic rings. The Hall–Kier alpha value is -1.07. The number of aliphatic imine (C=N–C) groups is 1. The third-order valence-electron chi connectivity index (χ3n) is 3.43. The molecule has 10 heteroatoms. The maximum atomic E-state index is 12.1. The summed E-state index contributed by atoms with van der Waals surface area (Å²) in [6.07, 6.45) is 1.72. The third-order valence-corrected chi connectivity index (χ3v) is 4.74. The molecule has 1 atom stereocenters. The summed E-state index contributed by atoms with van der Waals surface area (Å²) in [5.74, 6) is 0.458. The molecule has 0 radical (unpaired) electrons. The Morgan fingerprint density at radius 1 is 1.26 bits per heavy atom. The van der Waals surface area contributed by atoms with Gasteiger partial charge in [0.25, 0.3) is 5.91 Å². The van der Waals surface area contributed by atoms with Crippen molar-refractivity contribution >= 4 is 57.3 Å². The van der Waals surface area contributed by atoms with E-state index >= 15 is 0 Å². The Kier molecular flexibility index (Phi) is 12.6. The minimum absolute atomic E-state index is 0. The van der Waals surface area contributed by atoms with Crippen LogP contribution in [0.2, 0.25) is 5.02 Å². The van der Waals surface area contributed by atoms with Crippen LogP contribution in [0.15, 0.2) is 29.3 Å². The zero-order valence-corrected chi connectivity index (χ0v) is 19.7. The van der Waals surface area contributed by atoms with Crippen molar-refractivity contribution in [1.82, 2.24) is 16.0 Å². The first-order valence-corrected chi connectivity index (χ1v) is 10.9. The number of hydrogen-bond acceptors (Lipinski definition) is 4. The lowest BCUT2D eigenvalue weighted by Crippen LogP contribution is -2.43. The molecule has 0 aliphatic rings. The van der Waals surface area contributed by atoms with Gasteiger partial charge in [0.15, 0.2) is 5.96 Å². The molecule has 0 aliphatic carbocycles. The molecule has 1 aromatic carbocycles. The van der Waals surface area contributed by atoms with Crippen LogP contribution < -0.4 is 16.0 Å². The van der Waals surface area contributed by atoms with Crippen LogP contribution in [0, 0.1) is 0 Å². The summed E-state index contributed by atoms with van der Waals surface area (Å²) in [6.45, 7) is 5.26. The molecule has 0 aliphatic heterocycles. The number of amides is 1. The number of sulfone groups is 1. The fraction of sp³-hybridized carbons (Fsp3) is 0.529. The summed E-state index contributed by atoms with van der Waals surface area (Å²) in [5.41, 5.74) is 0.428. The number of carbonyl (C=O) groups excluding carboxylic acids is 1. The van der Waals surface area contributed by atoms with Crippen LogP contribution in [0.5, 0.6) is 0 Å². The zero-order chi connectivity index (χ0) is 19.6. The van der Waals surface area contributed by atoms with Gasteiger partial charge in [-0.05, 0) is 32.4 Å². The van der Waals surface area contributed by atoms with Gasteiger partial charge in [-0.1, -0.05) is 23.7 Å². The normalized spacial score (nSPS) is 12.7. The highest BCUT2D eigenvalue weighted by atomic mass is 127. The molecule has 0 heterocycles. The van der Waals surface area contributed by atoms with Gasteiger partial charge < -0.3 is 16.0 Å². The van der Waals surface area contributed by atoms with Crippen molar-refractivity contribution in [3.63, 3.8) is 0 Å². The standard InChI is InChI=1S/C17H27ClN4O3S.HI/c1-4-19-17(22-13(2)9-12-26(3,24)25)21-11-10-20-16(23)14-7-5-6-8-15(14)18;/h5-8,13H,4,9-12H2,1-3H3,(H,20,23)(H2,19,21,22);1H. The van der Waals surface area contributed by atoms with Gasteiger partial charge in [-0.25, -0.2) is 8.42 Å². The monoisotopic (exact) mass is 530 g/mol. The van der Waals surface area contributed by atoms with E-state index in [9.17, 15) is 13.2 Å². The topological polar surface area (TPSA) is 99.7 Å². The van der Waals surface area contributed by atoms with E-state index in [0.717, 1.165) is 0 Å². The first-order chi connectivity index (χ1) is 12.2. The third kappa shape index (κ3) is 11.4. The Morgan fingerprint density at radius 3 is 2.52 bits per heavy atom. The van der Waals surface area contributed by atoms with E-state index in [2.05, 4.69) is 20.9 Å². The fourth-order valence-electron chi connectivity index (χ4n) is 2.09. The average Bonchev–Trinajstić information content (AvgIpc) is 2.56. The van der Waals surface area contributed by atoms with Crippen molar-refractivity contribution in [3.05, 3.63) is 34.9 Å². The van der Waals surface area contributed by atoms with Gasteiger partial charge in [0.2, 0.25) is 0 Å². The van der Waals surface area contributed by atoms with Gasteiger partial charge in [0, 0.05) is 25.4 Å². The van der Waals surface area contributed by atoms with Crippen LogP contribution in [0.3, 0.4) is 0 Å². The molecular formula is C17H28ClIN4O3S. The van der Waals surface area contributed by atoms with E-state index in [0.29, 0.717) is 42.6 Å². The van der Waals surface area contributed by atoms with Crippen LogP contribution in [-0.4, -0.2) is 58.0 Å². The van der Waals surface area contributed by atoms with Gasteiger partial charge in [0.05, 0.1) is 22.9 Å². The largest absolute Gasteiger partial charge is 0.357 e. The van der Waals surface area contributed by atoms with Crippen molar-refractivity contribution in [2.24, 2.45) is 4.99 Å². The maximum Gasteiger partial charge on any atom is 0.252 e. The SMILES string of the molecule is CCNC(=NCCNC(=O)c1ccccc1Cl)NC(C)CCS(C)(=O)=O.I. The Balaban J connectivity index is 0.00000676. The highest BCUT2D eigenvalue weighted by Crippen LogP contribution is 2.14. The molecule has 1 rings (SSSR count). The van der Waals surface area contributed by atoms with Crippen LogP contribution in [0.4, 0.5) is 0 Å². The van der Waals surface area contributed by atoms with Crippen LogP contribution in [0.1, 0.15) is 30.6 Å². The number of carbonyl (C=O) groups is 1. The molecule has 0 spiro atoms. The summed E-state index contributed by atoms with van der Waals surface area (Å²) in [6, 6.07) is 6.81. The van der Waals surface area contributed by atoms with Gasteiger partial charge in [0.1, 0.15) is 9.84 Å². The Labute approximate surface area is 183 Å². The van der Waals surface area contributed by atoms with E-state index in [1.807, 2.05) is 13.8 Å². The molecule has 0 aromatic heterocycles. The molecule has 1 unspecified atom stereocenters. The van der Waals surface area contributed by atoms with Gasteiger partial charge in [-0.3, -0.25) is 9.79 Å². The minimum Gasteiger partial charge on any atom is -0.357 e. The Morgan fingerprint density at radius 2 is 1.93 bits per heavy atom. The lowest BCUT2D eigenvalue weighted by molar-refractivity contribution is 0.0955. The molecule has 3 N–H and O–H groups in total. The molecule has 154 valence electrons. The maximum absolute atomic E-state index is 12.1. The van der Waals surface area contributed by atoms with Crippen molar-refractivity contribution in [1.29, 1.82) is 0 Å². The van der Waals surface area contributed by atoms with Crippen molar-refractivity contribution in [2.45, 2.75) is 26.3 Å². The van der Waals surface area contributed by atoms with Gasteiger partial charge in [-0.15, -0.1) is 24.0 Å². The lowest BCUT2D eigenvalue weighted by atomic mass is 10.2. The summed E-state index contributed by atoms with van der Waals surface area (Å²) >= 11 is 5.99. The molecule has 7 nitrogen and oxygen atoms in total.